The van der Waals surface area contributed by atoms with Crippen LogP contribution in [0.3, 0.4) is 0 Å². The molecule has 0 saturated heterocycles. The molecule has 1 aromatic carbocycles. The Morgan fingerprint density at radius 1 is 1.26 bits per heavy atom. The highest BCUT2D eigenvalue weighted by Crippen LogP contribution is 2.21. The first-order chi connectivity index (χ1) is 11.0. The molecule has 1 aromatic heterocycles. The van der Waals surface area contributed by atoms with Crippen molar-refractivity contribution < 1.29 is 4.79 Å². The molecule has 0 spiro atoms. The second-order valence-electron chi connectivity index (χ2n) is 5.88. The van der Waals surface area contributed by atoms with Gasteiger partial charge >= 0.3 is 0 Å². The fourth-order valence-electron chi connectivity index (χ4n) is 2.15. The van der Waals surface area contributed by atoms with Crippen LogP contribution in [0, 0.1) is 0 Å². The van der Waals surface area contributed by atoms with E-state index in [4.69, 9.17) is 0 Å². The second kappa shape index (κ2) is 8.15. The molecule has 1 heterocycles. The van der Waals surface area contributed by atoms with E-state index in [9.17, 15) is 4.79 Å². The first-order valence-corrected chi connectivity index (χ1v) is 8.92. The molecule has 0 aliphatic rings. The van der Waals surface area contributed by atoms with Gasteiger partial charge in [-0.3, -0.25) is 4.79 Å². The van der Waals surface area contributed by atoms with E-state index >= 15 is 0 Å². The van der Waals surface area contributed by atoms with Crippen molar-refractivity contribution in [2.24, 2.45) is 0 Å². The summed E-state index contributed by atoms with van der Waals surface area (Å²) in [5.41, 5.74) is 2.12. The van der Waals surface area contributed by atoms with Crippen LogP contribution in [-0.2, 0) is 4.79 Å². The lowest BCUT2D eigenvalue weighted by Gasteiger charge is -2.11. The second-order valence-corrected chi connectivity index (χ2v) is 6.83. The topological polar surface area (TPSA) is 59.8 Å². The van der Waals surface area contributed by atoms with Gasteiger partial charge in [-0.1, -0.05) is 37.7 Å². The van der Waals surface area contributed by atoms with Gasteiger partial charge in [0.2, 0.25) is 5.91 Å². The lowest BCUT2D eigenvalue weighted by atomic mass is 9.99. The van der Waals surface area contributed by atoms with Crippen molar-refractivity contribution in [2.45, 2.75) is 51.2 Å². The Labute approximate surface area is 141 Å². The van der Waals surface area contributed by atoms with Crippen LogP contribution in [0.4, 0.5) is 5.69 Å². The SMILES string of the molecule is CCC(C)c1ccc(NC(=O)CSc2nncn2C(C)C)cc1. The summed E-state index contributed by atoms with van der Waals surface area (Å²) in [5, 5.41) is 11.6. The van der Waals surface area contributed by atoms with Gasteiger partial charge in [0, 0.05) is 11.7 Å². The molecule has 1 atom stereocenters. The van der Waals surface area contributed by atoms with Crippen molar-refractivity contribution in [3.63, 3.8) is 0 Å². The third-order valence-corrected chi connectivity index (χ3v) is 4.76. The number of hydrogen-bond donors (Lipinski definition) is 1. The normalized spacial score (nSPS) is 12.4. The molecule has 0 aliphatic carbocycles. The maximum atomic E-state index is 12.1. The Morgan fingerprint density at radius 3 is 2.57 bits per heavy atom. The Hall–Kier alpha value is -1.82. The van der Waals surface area contributed by atoms with E-state index in [1.54, 1.807) is 6.33 Å². The maximum Gasteiger partial charge on any atom is 0.234 e. The number of amides is 1. The quantitative estimate of drug-likeness (QED) is 0.775. The summed E-state index contributed by atoms with van der Waals surface area (Å²) in [6, 6.07) is 8.35. The number of rotatable bonds is 7. The first kappa shape index (κ1) is 17.5. The van der Waals surface area contributed by atoms with Gasteiger partial charge < -0.3 is 9.88 Å². The van der Waals surface area contributed by atoms with Gasteiger partial charge in [-0.05, 0) is 43.9 Å². The van der Waals surface area contributed by atoms with Crippen LogP contribution in [0.1, 0.15) is 51.6 Å². The molecule has 1 amide bonds. The van der Waals surface area contributed by atoms with Crippen molar-refractivity contribution in [1.82, 2.24) is 14.8 Å². The van der Waals surface area contributed by atoms with Gasteiger partial charge in [0.1, 0.15) is 6.33 Å². The fraction of sp³-hybridized carbons (Fsp3) is 0.471. The van der Waals surface area contributed by atoms with Crippen LogP contribution in [0.15, 0.2) is 35.7 Å². The zero-order chi connectivity index (χ0) is 16.8. The van der Waals surface area contributed by atoms with E-state index in [2.05, 4.69) is 55.3 Å². The summed E-state index contributed by atoms with van der Waals surface area (Å²) in [7, 11) is 0. The zero-order valence-corrected chi connectivity index (χ0v) is 14.9. The molecule has 0 saturated carbocycles. The third kappa shape index (κ3) is 4.82. The lowest BCUT2D eigenvalue weighted by Crippen LogP contribution is -2.14. The van der Waals surface area contributed by atoms with Crippen molar-refractivity contribution in [2.75, 3.05) is 11.1 Å². The molecule has 2 rings (SSSR count). The highest BCUT2D eigenvalue weighted by molar-refractivity contribution is 7.99. The van der Waals surface area contributed by atoms with E-state index in [0.717, 1.165) is 17.3 Å². The van der Waals surface area contributed by atoms with Crippen LogP contribution < -0.4 is 5.32 Å². The van der Waals surface area contributed by atoms with Crippen molar-refractivity contribution >= 4 is 23.4 Å². The van der Waals surface area contributed by atoms with Gasteiger partial charge in [0.15, 0.2) is 5.16 Å². The smallest absolute Gasteiger partial charge is 0.234 e. The summed E-state index contributed by atoms with van der Waals surface area (Å²) in [5.74, 6) is 0.820. The van der Waals surface area contributed by atoms with E-state index in [1.165, 1.54) is 17.3 Å². The number of anilines is 1. The molecule has 5 nitrogen and oxygen atoms in total. The number of benzene rings is 1. The molecule has 6 heteroatoms. The van der Waals surface area contributed by atoms with Crippen LogP contribution in [0.2, 0.25) is 0 Å². The number of thioether (sulfide) groups is 1. The van der Waals surface area contributed by atoms with Crippen molar-refractivity contribution in [1.29, 1.82) is 0 Å². The molecule has 0 bridgehead atoms. The minimum Gasteiger partial charge on any atom is -0.325 e. The summed E-state index contributed by atoms with van der Waals surface area (Å²) in [6.07, 6.45) is 2.80. The molecule has 0 radical (unpaired) electrons. The van der Waals surface area contributed by atoms with Crippen LogP contribution in [-0.4, -0.2) is 26.4 Å². The van der Waals surface area contributed by atoms with Gasteiger partial charge in [0.25, 0.3) is 0 Å². The number of hydrogen-bond acceptors (Lipinski definition) is 4. The van der Waals surface area contributed by atoms with E-state index < -0.39 is 0 Å². The average Bonchev–Trinajstić information content (AvgIpc) is 3.01. The lowest BCUT2D eigenvalue weighted by molar-refractivity contribution is -0.113. The standard InChI is InChI=1S/C17H24N4OS/c1-5-13(4)14-6-8-15(9-7-14)19-16(22)10-23-17-20-18-11-21(17)12(2)3/h6-9,11-13H,5,10H2,1-4H3,(H,19,22). The van der Waals surface area contributed by atoms with E-state index in [0.29, 0.717) is 11.7 Å². The van der Waals surface area contributed by atoms with E-state index in [-0.39, 0.29) is 11.9 Å². The van der Waals surface area contributed by atoms with Gasteiger partial charge in [-0.2, -0.15) is 0 Å². The number of nitrogens with zero attached hydrogens (tertiary/aromatic N) is 3. The Kier molecular flexibility index (Phi) is 6.21. The van der Waals surface area contributed by atoms with Crippen molar-refractivity contribution in [3.05, 3.63) is 36.2 Å². The maximum absolute atomic E-state index is 12.1. The molecule has 0 aliphatic heterocycles. The Morgan fingerprint density at radius 2 is 1.96 bits per heavy atom. The molecule has 23 heavy (non-hydrogen) atoms. The minimum absolute atomic E-state index is 0.0374. The number of carbonyl (C=O) groups is 1. The van der Waals surface area contributed by atoms with Gasteiger partial charge in [-0.25, -0.2) is 0 Å². The molecule has 0 fully saturated rings. The van der Waals surface area contributed by atoms with Gasteiger partial charge in [-0.15, -0.1) is 10.2 Å². The summed E-state index contributed by atoms with van der Waals surface area (Å²) in [4.78, 5) is 12.1. The fourth-order valence-corrected chi connectivity index (χ4v) is 2.99. The molecular weight excluding hydrogens is 308 g/mol. The number of nitrogens with one attached hydrogen (secondary N) is 1. The van der Waals surface area contributed by atoms with Crippen molar-refractivity contribution in [3.8, 4) is 0 Å². The van der Waals surface area contributed by atoms with Gasteiger partial charge in [0.05, 0.1) is 5.75 Å². The highest BCUT2D eigenvalue weighted by atomic mass is 32.2. The summed E-state index contributed by atoms with van der Waals surface area (Å²) >= 11 is 1.40. The molecular formula is C17H24N4OS. The molecule has 124 valence electrons. The monoisotopic (exact) mass is 332 g/mol. The molecule has 1 N–H and O–H groups in total. The Bertz CT molecular complexity index is 636. The van der Waals surface area contributed by atoms with Crippen LogP contribution in [0.5, 0.6) is 0 Å². The first-order valence-electron chi connectivity index (χ1n) is 7.93. The average molecular weight is 332 g/mol. The summed E-state index contributed by atoms with van der Waals surface area (Å²) in [6.45, 7) is 8.50. The van der Waals surface area contributed by atoms with Crippen LogP contribution in [0.25, 0.3) is 0 Å². The predicted octanol–water partition coefficient (Wildman–Crippen LogP) is 4.10. The third-order valence-electron chi connectivity index (χ3n) is 3.80. The van der Waals surface area contributed by atoms with E-state index in [1.807, 2.05) is 16.7 Å². The Balaban J connectivity index is 1.88. The largest absolute Gasteiger partial charge is 0.325 e. The minimum atomic E-state index is -0.0374. The number of carbonyl (C=O) groups excluding carboxylic acids is 1. The van der Waals surface area contributed by atoms with Crippen LogP contribution >= 0.6 is 11.8 Å². The molecule has 2 aromatic rings. The summed E-state index contributed by atoms with van der Waals surface area (Å²) < 4.78 is 1.96. The predicted molar refractivity (Wildman–Crippen MR) is 94.9 cm³/mol. The molecule has 1 unspecified atom stereocenters. The zero-order valence-electron chi connectivity index (χ0n) is 14.1. The highest BCUT2D eigenvalue weighted by Gasteiger charge is 2.11. The number of aromatic nitrogens is 3.